The zero-order valence-corrected chi connectivity index (χ0v) is 13.2. The van der Waals surface area contributed by atoms with Gasteiger partial charge in [-0.1, -0.05) is 13.8 Å². The molecule has 1 aromatic heterocycles. The van der Waals surface area contributed by atoms with Gasteiger partial charge < -0.3 is 9.67 Å². The summed E-state index contributed by atoms with van der Waals surface area (Å²) in [7, 11) is -3.45. The molecule has 114 valence electrons. The lowest BCUT2D eigenvalue weighted by Gasteiger charge is -2.33. The maximum atomic E-state index is 12.7. The minimum absolute atomic E-state index is 0.143. The van der Waals surface area contributed by atoms with Crippen molar-refractivity contribution in [3.63, 3.8) is 0 Å². The van der Waals surface area contributed by atoms with Crippen LogP contribution >= 0.6 is 0 Å². The molecule has 1 aliphatic rings. The van der Waals surface area contributed by atoms with E-state index >= 15 is 0 Å². The molecule has 5 nitrogen and oxygen atoms in total. The van der Waals surface area contributed by atoms with E-state index in [0.29, 0.717) is 42.1 Å². The molecule has 0 radical (unpaired) electrons. The first kappa shape index (κ1) is 15.5. The van der Waals surface area contributed by atoms with Crippen LogP contribution in [0.4, 0.5) is 0 Å². The van der Waals surface area contributed by atoms with Gasteiger partial charge in [0, 0.05) is 31.5 Å². The number of nitrogens with zero attached hydrogens (tertiary/aromatic N) is 2. The van der Waals surface area contributed by atoms with E-state index in [1.807, 2.05) is 6.92 Å². The SMILES string of the molecule is CCn1cc(S(=O)(=O)N2CC(C)CC(C)C2)cc1CO. The highest BCUT2D eigenvalue weighted by atomic mass is 32.2. The van der Waals surface area contributed by atoms with Gasteiger partial charge in [0.15, 0.2) is 0 Å². The van der Waals surface area contributed by atoms with E-state index in [1.54, 1.807) is 21.1 Å². The van der Waals surface area contributed by atoms with Crippen LogP contribution in [0, 0.1) is 11.8 Å². The van der Waals surface area contributed by atoms with Crippen molar-refractivity contribution >= 4 is 10.0 Å². The number of aliphatic hydroxyl groups is 1. The summed E-state index contributed by atoms with van der Waals surface area (Å²) in [4.78, 5) is 0.296. The second kappa shape index (κ2) is 5.87. The van der Waals surface area contributed by atoms with Crippen molar-refractivity contribution in [3.8, 4) is 0 Å². The quantitative estimate of drug-likeness (QED) is 0.920. The zero-order valence-electron chi connectivity index (χ0n) is 12.4. The first-order valence-corrected chi connectivity index (χ1v) is 8.62. The van der Waals surface area contributed by atoms with Gasteiger partial charge in [0.2, 0.25) is 10.0 Å². The molecule has 0 amide bonds. The van der Waals surface area contributed by atoms with Crippen LogP contribution in [0.2, 0.25) is 0 Å². The van der Waals surface area contributed by atoms with Gasteiger partial charge in [-0.3, -0.25) is 0 Å². The largest absolute Gasteiger partial charge is 0.390 e. The van der Waals surface area contributed by atoms with Crippen molar-refractivity contribution in [1.29, 1.82) is 0 Å². The Morgan fingerprint density at radius 3 is 2.35 bits per heavy atom. The molecule has 1 saturated heterocycles. The first-order chi connectivity index (χ1) is 9.38. The topological polar surface area (TPSA) is 62.5 Å². The van der Waals surface area contributed by atoms with E-state index in [1.165, 1.54) is 0 Å². The number of aromatic nitrogens is 1. The molecule has 1 aromatic rings. The molecule has 0 bridgehead atoms. The fourth-order valence-corrected chi connectivity index (χ4v) is 4.79. The van der Waals surface area contributed by atoms with Crippen molar-refractivity contribution in [1.82, 2.24) is 8.87 Å². The lowest BCUT2D eigenvalue weighted by Crippen LogP contribution is -2.42. The maximum Gasteiger partial charge on any atom is 0.244 e. The molecular weight excluding hydrogens is 276 g/mol. The molecule has 0 saturated carbocycles. The molecule has 0 aromatic carbocycles. The standard InChI is InChI=1S/C14H24N2O3S/c1-4-15-9-14(6-13(15)10-17)20(18,19)16-7-11(2)5-12(3)8-16/h6,9,11-12,17H,4-5,7-8,10H2,1-3H3. The van der Waals surface area contributed by atoms with Gasteiger partial charge in [0.05, 0.1) is 6.61 Å². The van der Waals surface area contributed by atoms with Gasteiger partial charge in [0.25, 0.3) is 0 Å². The predicted octanol–water partition coefficient (Wildman–Crippen LogP) is 1.67. The van der Waals surface area contributed by atoms with Crippen LogP contribution in [0.5, 0.6) is 0 Å². The number of hydrogen-bond acceptors (Lipinski definition) is 3. The second-order valence-corrected chi connectivity index (χ2v) is 7.82. The Bertz CT molecular complexity index is 533. The summed E-state index contributed by atoms with van der Waals surface area (Å²) in [5.74, 6) is 0.776. The minimum atomic E-state index is -3.45. The van der Waals surface area contributed by atoms with Gasteiger partial charge in [-0.05, 0) is 31.2 Å². The number of sulfonamides is 1. The average molecular weight is 300 g/mol. The normalized spacial score (nSPS) is 25.0. The number of aliphatic hydroxyl groups excluding tert-OH is 1. The van der Waals surface area contributed by atoms with E-state index in [9.17, 15) is 13.5 Å². The highest BCUT2D eigenvalue weighted by Crippen LogP contribution is 2.27. The Morgan fingerprint density at radius 1 is 1.30 bits per heavy atom. The van der Waals surface area contributed by atoms with Crippen molar-refractivity contribution < 1.29 is 13.5 Å². The monoisotopic (exact) mass is 300 g/mol. The van der Waals surface area contributed by atoms with E-state index < -0.39 is 10.0 Å². The fraction of sp³-hybridized carbons (Fsp3) is 0.714. The van der Waals surface area contributed by atoms with Crippen molar-refractivity contribution in [2.75, 3.05) is 13.1 Å². The van der Waals surface area contributed by atoms with Gasteiger partial charge >= 0.3 is 0 Å². The molecule has 2 heterocycles. The Labute approximate surface area is 121 Å². The highest BCUT2D eigenvalue weighted by molar-refractivity contribution is 7.89. The highest BCUT2D eigenvalue weighted by Gasteiger charge is 2.32. The van der Waals surface area contributed by atoms with Crippen molar-refractivity contribution in [3.05, 3.63) is 18.0 Å². The Hall–Kier alpha value is -0.850. The van der Waals surface area contributed by atoms with E-state index in [0.717, 1.165) is 6.42 Å². The number of piperidine rings is 1. The second-order valence-electron chi connectivity index (χ2n) is 5.88. The van der Waals surface area contributed by atoms with Crippen LogP contribution in [0.25, 0.3) is 0 Å². The molecule has 2 rings (SSSR count). The van der Waals surface area contributed by atoms with Crippen LogP contribution < -0.4 is 0 Å². The molecule has 0 spiro atoms. The first-order valence-electron chi connectivity index (χ1n) is 7.18. The molecule has 1 N–H and O–H groups in total. The number of aryl methyl sites for hydroxylation is 1. The van der Waals surface area contributed by atoms with E-state index in [-0.39, 0.29) is 6.61 Å². The molecule has 6 heteroatoms. The summed E-state index contributed by atoms with van der Waals surface area (Å²) in [6, 6.07) is 1.59. The van der Waals surface area contributed by atoms with Crippen LogP contribution in [-0.4, -0.2) is 35.5 Å². The summed E-state index contributed by atoms with van der Waals surface area (Å²) in [5.41, 5.74) is 0.643. The van der Waals surface area contributed by atoms with Gasteiger partial charge in [0.1, 0.15) is 4.90 Å². The Balaban J connectivity index is 2.32. The predicted molar refractivity (Wildman–Crippen MR) is 77.7 cm³/mol. The smallest absolute Gasteiger partial charge is 0.244 e. The molecule has 0 aliphatic carbocycles. The van der Waals surface area contributed by atoms with Crippen molar-refractivity contribution in [2.45, 2.75) is 45.2 Å². The van der Waals surface area contributed by atoms with Gasteiger partial charge in [-0.2, -0.15) is 4.31 Å². The summed E-state index contributed by atoms with van der Waals surface area (Å²) in [5, 5.41) is 9.29. The van der Waals surface area contributed by atoms with Crippen LogP contribution in [0.3, 0.4) is 0 Å². The third kappa shape index (κ3) is 2.92. The average Bonchev–Trinajstić information content (AvgIpc) is 2.81. The summed E-state index contributed by atoms with van der Waals surface area (Å²) in [6.45, 7) is 7.79. The molecule has 1 fully saturated rings. The maximum absolute atomic E-state index is 12.7. The van der Waals surface area contributed by atoms with E-state index in [4.69, 9.17) is 0 Å². The van der Waals surface area contributed by atoms with Gasteiger partial charge in [-0.25, -0.2) is 8.42 Å². The molecule has 20 heavy (non-hydrogen) atoms. The van der Waals surface area contributed by atoms with Crippen LogP contribution in [0.1, 0.15) is 32.9 Å². The van der Waals surface area contributed by atoms with Crippen LogP contribution in [0.15, 0.2) is 17.2 Å². The third-order valence-corrected chi connectivity index (χ3v) is 5.73. The third-order valence-electron chi connectivity index (χ3n) is 3.94. The summed E-state index contributed by atoms with van der Waals surface area (Å²) < 4.78 is 28.8. The van der Waals surface area contributed by atoms with Crippen molar-refractivity contribution in [2.24, 2.45) is 11.8 Å². The Kier molecular flexibility index (Phi) is 4.56. The number of rotatable bonds is 4. The lowest BCUT2D eigenvalue weighted by atomic mass is 9.94. The summed E-state index contributed by atoms with van der Waals surface area (Å²) >= 11 is 0. The molecule has 2 unspecified atom stereocenters. The van der Waals surface area contributed by atoms with E-state index in [2.05, 4.69) is 13.8 Å². The van der Waals surface area contributed by atoms with Gasteiger partial charge in [-0.15, -0.1) is 0 Å². The zero-order chi connectivity index (χ0) is 14.9. The molecule has 2 atom stereocenters. The Morgan fingerprint density at radius 2 is 1.90 bits per heavy atom. The lowest BCUT2D eigenvalue weighted by molar-refractivity contribution is 0.222. The van der Waals surface area contributed by atoms with Crippen LogP contribution in [-0.2, 0) is 23.2 Å². The summed E-state index contributed by atoms with van der Waals surface area (Å²) in [6.07, 6.45) is 2.70. The molecule has 1 aliphatic heterocycles. The fourth-order valence-electron chi connectivity index (χ4n) is 3.04. The molecular formula is C14H24N2O3S. The number of hydrogen-bond donors (Lipinski definition) is 1. The minimum Gasteiger partial charge on any atom is -0.390 e.